The standard InChI is InChI=1S/C7H12O/c1-4-7(5-8)6(2)3/h4-6H,1-3H3. The molecule has 46 valence electrons. The van der Waals surface area contributed by atoms with Crippen LogP contribution >= 0.6 is 0 Å². The molecule has 0 N–H and O–H groups in total. The molecule has 0 rings (SSSR count). The van der Waals surface area contributed by atoms with E-state index in [1.54, 1.807) is 0 Å². The first-order valence-corrected chi connectivity index (χ1v) is 2.83. The Balaban J connectivity index is 3.91. The van der Waals surface area contributed by atoms with E-state index in [4.69, 9.17) is 0 Å². The summed E-state index contributed by atoms with van der Waals surface area (Å²) in [5.74, 6) is 0.373. The van der Waals surface area contributed by atoms with Crippen LogP contribution in [0.25, 0.3) is 0 Å². The van der Waals surface area contributed by atoms with Gasteiger partial charge >= 0.3 is 0 Å². The second-order valence-corrected chi connectivity index (χ2v) is 2.06. The van der Waals surface area contributed by atoms with Gasteiger partial charge in [0.2, 0.25) is 0 Å². The summed E-state index contributed by atoms with van der Waals surface area (Å²) in [6, 6.07) is 0. The third-order valence-electron chi connectivity index (χ3n) is 1.14. The van der Waals surface area contributed by atoms with Crippen molar-refractivity contribution < 1.29 is 4.79 Å². The van der Waals surface area contributed by atoms with E-state index in [2.05, 4.69) is 0 Å². The highest BCUT2D eigenvalue weighted by molar-refractivity contribution is 5.73. The van der Waals surface area contributed by atoms with Crippen molar-refractivity contribution in [2.24, 2.45) is 5.92 Å². The van der Waals surface area contributed by atoms with Crippen molar-refractivity contribution in [2.45, 2.75) is 20.8 Å². The Morgan fingerprint density at radius 3 is 2.00 bits per heavy atom. The lowest BCUT2D eigenvalue weighted by molar-refractivity contribution is -0.105. The SMILES string of the molecule is CC=C(C=O)C(C)C. The lowest BCUT2D eigenvalue weighted by atomic mass is 10.1. The number of rotatable bonds is 2. The molecular formula is C7H12O. The Hall–Kier alpha value is -0.590. The van der Waals surface area contributed by atoms with E-state index in [-0.39, 0.29) is 0 Å². The lowest BCUT2D eigenvalue weighted by Crippen LogP contribution is -1.93. The van der Waals surface area contributed by atoms with Crippen molar-refractivity contribution in [3.05, 3.63) is 11.6 Å². The Labute approximate surface area is 50.4 Å². The molecule has 0 aliphatic rings. The van der Waals surface area contributed by atoms with Crippen molar-refractivity contribution in [3.8, 4) is 0 Å². The Kier molecular flexibility index (Phi) is 3.16. The first kappa shape index (κ1) is 7.41. The number of carbonyl (C=O) groups excluding carboxylic acids is 1. The van der Waals surface area contributed by atoms with Gasteiger partial charge in [0.25, 0.3) is 0 Å². The van der Waals surface area contributed by atoms with Crippen LogP contribution in [0.1, 0.15) is 20.8 Å². The molecule has 0 spiro atoms. The molecule has 0 aromatic carbocycles. The van der Waals surface area contributed by atoms with Crippen molar-refractivity contribution in [1.82, 2.24) is 0 Å². The second-order valence-electron chi connectivity index (χ2n) is 2.06. The fraction of sp³-hybridized carbons (Fsp3) is 0.571. The summed E-state index contributed by atoms with van der Waals surface area (Å²) in [5, 5.41) is 0. The van der Waals surface area contributed by atoms with E-state index in [1.807, 2.05) is 26.8 Å². The van der Waals surface area contributed by atoms with Gasteiger partial charge in [-0.25, -0.2) is 0 Å². The van der Waals surface area contributed by atoms with Crippen molar-refractivity contribution in [1.29, 1.82) is 0 Å². The van der Waals surface area contributed by atoms with Gasteiger partial charge in [0, 0.05) is 0 Å². The van der Waals surface area contributed by atoms with E-state index in [1.165, 1.54) is 0 Å². The Bertz CT molecular complexity index is 101. The van der Waals surface area contributed by atoms with Crippen LogP contribution < -0.4 is 0 Å². The number of hydrogen-bond donors (Lipinski definition) is 0. The first-order valence-electron chi connectivity index (χ1n) is 2.83. The van der Waals surface area contributed by atoms with Crippen LogP contribution in [-0.4, -0.2) is 6.29 Å². The van der Waals surface area contributed by atoms with Crippen LogP contribution in [0.3, 0.4) is 0 Å². The molecule has 0 radical (unpaired) electrons. The predicted octanol–water partition coefficient (Wildman–Crippen LogP) is 1.79. The highest BCUT2D eigenvalue weighted by Crippen LogP contribution is 2.04. The summed E-state index contributed by atoms with van der Waals surface area (Å²) < 4.78 is 0. The fourth-order valence-electron chi connectivity index (χ4n) is 0.537. The molecule has 0 saturated heterocycles. The van der Waals surface area contributed by atoms with Crippen LogP contribution in [0.2, 0.25) is 0 Å². The van der Waals surface area contributed by atoms with Crippen LogP contribution in [0, 0.1) is 5.92 Å². The van der Waals surface area contributed by atoms with Gasteiger partial charge in [-0.3, -0.25) is 4.79 Å². The van der Waals surface area contributed by atoms with Crippen LogP contribution in [-0.2, 0) is 4.79 Å². The minimum absolute atomic E-state index is 0.373. The molecule has 0 aliphatic heterocycles. The highest BCUT2D eigenvalue weighted by atomic mass is 16.1. The molecule has 1 nitrogen and oxygen atoms in total. The number of allylic oxidation sites excluding steroid dienone is 2. The zero-order valence-corrected chi connectivity index (χ0v) is 5.64. The smallest absolute Gasteiger partial charge is 0.145 e. The van der Waals surface area contributed by atoms with Gasteiger partial charge in [0.15, 0.2) is 0 Å². The molecule has 0 aromatic rings. The van der Waals surface area contributed by atoms with Gasteiger partial charge in [0.05, 0.1) is 0 Å². The molecule has 0 saturated carbocycles. The molecule has 0 atom stereocenters. The van der Waals surface area contributed by atoms with E-state index >= 15 is 0 Å². The zero-order chi connectivity index (χ0) is 6.57. The third kappa shape index (κ3) is 1.92. The minimum Gasteiger partial charge on any atom is -0.298 e. The number of aldehydes is 1. The molecule has 0 bridgehead atoms. The molecule has 0 heterocycles. The quantitative estimate of drug-likeness (QED) is 0.393. The largest absolute Gasteiger partial charge is 0.298 e. The number of hydrogen-bond acceptors (Lipinski definition) is 1. The Morgan fingerprint density at radius 1 is 1.50 bits per heavy atom. The summed E-state index contributed by atoms with van der Waals surface area (Å²) in [5.41, 5.74) is 0.880. The summed E-state index contributed by atoms with van der Waals surface area (Å²) >= 11 is 0. The molecular weight excluding hydrogens is 100 g/mol. The van der Waals surface area contributed by atoms with Gasteiger partial charge in [-0.05, 0) is 18.4 Å². The van der Waals surface area contributed by atoms with E-state index in [0.29, 0.717) is 5.92 Å². The highest BCUT2D eigenvalue weighted by Gasteiger charge is 1.96. The van der Waals surface area contributed by atoms with Gasteiger partial charge in [0.1, 0.15) is 6.29 Å². The summed E-state index contributed by atoms with van der Waals surface area (Å²) in [4.78, 5) is 10.1. The maximum Gasteiger partial charge on any atom is 0.145 e. The molecule has 0 fully saturated rings. The van der Waals surface area contributed by atoms with Crippen LogP contribution in [0.5, 0.6) is 0 Å². The maximum atomic E-state index is 10.1. The molecule has 0 aromatic heterocycles. The van der Waals surface area contributed by atoms with Gasteiger partial charge in [-0.15, -0.1) is 0 Å². The normalized spacial score (nSPS) is 12.2. The van der Waals surface area contributed by atoms with Gasteiger partial charge in [-0.2, -0.15) is 0 Å². The first-order chi connectivity index (χ1) is 3.72. The predicted molar refractivity (Wildman–Crippen MR) is 34.7 cm³/mol. The second kappa shape index (κ2) is 3.42. The van der Waals surface area contributed by atoms with Crippen molar-refractivity contribution >= 4 is 6.29 Å². The lowest BCUT2D eigenvalue weighted by Gasteiger charge is -1.99. The molecule has 0 unspecified atom stereocenters. The van der Waals surface area contributed by atoms with E-state index in [0.717, 1.165) is 11.9 Å². The van der Waals surface area contributed by atoms with Crippen molar-refractivity contribution in [2.75, 3.05) is 0 Å². The monoisotopic (exact) mass is 112 g/mol. The molecule has 8 heavy (non-hydrogen) atoms. The minimum atomic E-state index is 0.373. The molecule has 0 amide bonds. The third-order valence-corrected chi connectivity index (χ3v) is 1.14. The van der Waals surface area contributed by atoms with Crippen LogP contribution in [0.4, 0.5) is 0 Å². The van der Waals surface area contributed by atoms with Crippen molar-refractivity contribution in [3.63, 3.8) is 0 Å². The molecule has 1 heteroatoms. The summed E-state index contributed by atoms with van der Waals surface area (Å²) in [6.07, 6.45) is 2.75. The van der Waals surface area contributed by atoms with Gasteiger partial charge < -0.3 is 0 Å². The number of carbonyl (C=O) groups is 1. The van der Waals surface area contributed by atoms with E-state index < -0.39 is 0 Å². The molecule has 0 aliphatic carbocycles. The van der Waals surface area contributed by atoms with Gasteiger partial charge in [-0.1, -0.05) is 19.9 Å². The summed E-state index contributed by atoms with van der Waals surface area (Å²) in [6.45, 7) is 5.89. The average Bonchev–Trinajstić information content (AvgIpc) is 1.69. The maximum absolute atomic E-state index is 10.1. The Morgan fingerprint density at radius 2 is 2.00 bits per heavy atom. The fourth-order valence-corrected chi connectivity index (χ4v) is 0.537. The topological polar surface area (TPSA) is 17.1 Å². The summed E-state index contributed by atoms with van der Waals surface area (Å²) in [7, 11) is 0. The van der Waals surface area contributed by atoms with E-state index in [9.17, 15) is 4.79 Å². The van der Waals surface area contributed by atoms with Crippen LogP contribution in [0.15, 0.2) is 11.6 Å². The zero-order valence-electron chi connectivity index (χ0n) is 5.64. The average molecular weight is 112 g/mol.